The van der Waals surface area contributed by atoms with Crippen molar-refractivity contribution in [2.75, 3.05) is 26.3 Å². The molecule has 2 heterocycles. The Bertz CT molecular complexity index is 953. The maximum absolute atomic E-state index is 13.1. The molecule has 0 atom stereocenters. The highest BCUT2D eigenvalue weighted by Crippen LogP contribution is 2.35. The summed E-state index contributed by atoms with van der Waals surface area (Å²) in [6, 6.07) is 3.78. The van der Waals surface area contributed by atoms with Crippen molar-refractivity contribution < 1.29 is 18.1 Å². The van der Waals surface area contributed by atoms with Gasteiger partial charge in [0.2, 0.25) is 10.0 Å². The number of nitro benzene ring substituents is 1. The molecule has 1 aromatic heterocycles. The average molecular weight is 411 g/mol. The number of nitrogens with zero attached hydrogens (tertiary/aromatic N) is 5. The highest BCUT2D eigenvalue weighted by Gasteiger charge is 2.31. The van der Waals surface area contributed by atoms with Crippen molar-refractivity contribution in [3.63, 3.8) is 0 Å². The minimum Gasteiger partial charge on any atom is -0.379 e. The van der Waals surface area contributed by atoms with E-state index in [1.807, 2.05) is 0 Å². The van der Waals surface area contributed by atoms with Crippen molar-refractivity contribution in [1.29, 1.82) is 0 Å². The van der Waals surface area contributed by atoms with Crippen LogP contribution in [0.25, 0.3) is 0 Å². The van der Waals surface area contributed by atoms with Gasteiger partial charge in [0, 0.05) is 36.7 Å². The first kappa shape index (κ1) is 19.5. The summed E-state index contributed by atoms with van der Waals surface area (Å²) in [5, 5.41) is 19.4. The molecule has 3 rings (SSSR count). The van der Waals surface area contributed by atoms with E-state index in [1.54, 1.807) is 10.6 Å². The second kappa shape index (κ2) is 8.17. The van der Waals surface area contributed by atoms with Crippen LogP contribution in [0.15, 0.2) is 52.1 Å². The van der Waals surface area contributed by atoms with Crippen molar-refractivity contribution in [3.05, 3.63) is 47.3 Å². The number of aromatic nitrogens is 3. The molecule has 0 bridgehead atoms. The lowest BCUT2D eigenvalue weighted by Gasteiger charge is -2.26. The van der Waals surface area contributed by atoms with Gasteiger partial charge in [-0.15, -0.1) is 16.8 Å². The number of nitro groups is 1. The van der Waals surface area contributed by atoms with Crippen LogP contribution in [0.5, 0.6) is 0 Å². The number of morpholine rings is 1. The molecule has 1 fully saturated rings. The SMILES string of the molecule is C=CCn1cnnc1Sc1ccc([N+](=O)[O-])cc1S(=O)(=O)N1CCOCC1. The molecule has 1 aliphatic rings. The number of rotatable bonds is 7. The number of allylic oxidation sites excluding steroid dienone is 1. The number of non-ortho nitro benzene ring substituents is 1. The van der Waals surface area contributed by atoms with Gasteiger partial charge in [-0.1, -0.05) is 6.08 Å². The van der Waals surface area contributed by atoms with E-state index in [0.29, 0.717) is 16.6 Å². The van der Waals surface area contributed by atoms with Gasteiger partial charge in [-0.3, -0.25) is 10.1 Å². The third-order valence-electron chi connectivity index (χ3n) is 3.83. The lowest BCUT2D eigenvalue weighted by molar-refractivity contribution is -0.385. The molecule has 27 heavy (non-hydrogen) atoms. The van der Waals surface area contributed by atoms with Crippen LogP contribution in [0.4, 0.5) is 5.69 Å². The second-order valence-corrected chi connectivity index (χ2v) is 8.48. The molecule has 0 unspecified atom stereocenters. The van der Waals surface area contributed by atoms with Crippen LogP contribution in [0, 0.1) is 10.1 Å². The molecular weight excluding hydrogens is 394 g/mol. The third-order valence-corrected chi connectivity index (χ3v) is 6.98. The normalized spacial score (nSPS) is 15.6. The zero-order valence-electron chi connectivity index (χ0n) is 14.2. The maximum Gasteiger partial charge on any atom is 0.270 e. The van der Waals surface area contributed by atoms with Crippen LogP contribution in [0.3, 0.4) is 0 Å². The molecule has 2 aromatic rings. The first-order chi connectivity index (χ1) is 12.9. The smallest absolute Gasteiger partial charge is 0.270 e. The van der Waals surface area contributed by atoms with Gasteiger partial charge in [0.1, 0.15) is 11.2 Å². The third kappa shape index (κ3) is 4.18. The molecule has 10 nitrogen and oxygen atoms in total. The van der Waals surface area contributed by atoms with E-state index in [0.717, 1.165) is 17.8 Å². The van der Waals surface area contributed by atoms with Crippen molar-refractivity contribution in [1.82, 2.24) is 19.1 Å². The summed E-state index contributed by atoms with van der Waals surface area (Å²) in [7, 11) is -3.93. The van der Waals surface area contributed by atoms with Crippen LogP contribution in [0.1, 0.15) is 0 Å². The predicted molar refractivity (Wildman–Crippen MR) is 97.0 cm³/mol. The molecule has 0 aliphatic carbocycles. The molecular formula is C15H17N5O5S2. The topological polar surface area (TPSA) is 120 Å². The Labute approximate surface area is 160 Å². The number of sulfonamides is 1. The second-order valence-electron chi connectivity index (χ2n) is 5.56. The van der Waals surface area contributed by atoms with Crippen molar-refractivity contribution >= 4 is 27.5 Å². The number of benzene rings is 1. The maximum atomic E-state index is 13.1. The standard InChI is InChI=1S/C15H17N5O5S2/c1-2-5-18-11-16-17-15(18)26-13-4-3-12(20(21)22)10-14(13)27(23,24)19-6-8-25-9-7-19/h2-4,10-11H,1,5-9H2. The molecule has 1 saturated heterocycles. The van der Waals surface area contributed by atoms with Crippen LogP contribution in [-0.2, 0) is 21.3 Å². The van der Waals surface area contributed by atoms with E-state index in [-0.39, 0.29) is 36.9 Å². The van der Waals surface area contributed by atoms with Crippen molar-refractivity contribution in [3.8, 4) is 0 Å². The fourth-order valence-electron chi connectivity index (χ4n) is 2.51. The molecule has 12 heteroatoms. The van der Waals surface area contributed by atoms with E-state index in [2.05, 4.69) is 16.8 Å². The molecule has 0 spiro atoms. The van der Waals surface area contributed by atoms with Gasteiger partial charge in [-0.2, -0.15) is 4.31 Å². The molecule has 1 aliphatic heterocycles. The van der Waals surface area contributed by atoms with Gasteiger partial charge in [-0.25, -0.2) is 8.42 Å². The van der Waals surface area contributed by atoms with Gasteiger partial charge in [0.25, 0.3) is 5.69 Å². The summed E-state index contributed by atoms with van der Waals surface area (Å²) in [6.45, 7) is 5.07. The monoisotopic (exact) mass is 411 g/mol. The molecule has 0 amide bonds. The first-order valence-corrected chi connectivity index (χ1v) is 10.2. The van der Waals surface area contributed by atoms with Gasteiger partial charge in [0.05, 0.1) is 18.1 Å². The highest BCUT2D eigenvalue weighted by molar-refractivity contribution is 8.00. The van der Waals surface area contributed by atoms with E-state index >= 15 is 0 Å². The summed E-state index contributed by atoms with van der Waals surface area (Å²) in [5.41, 5.74) is -0.293. The van der Waals surface area contributed by atoms with E-state index in [4.69, 9.17) is 4.74 Å². The lowest BCUT2D eigenvalue weighted by atomic mass is 10.3. The fraction of sp³-hybridized carbons (Fsp3) is 0.333. The van der Waals surface area contributed by atoms with Gasteiger partial charge >= 0.3 is 0 Å². The molecule has 144 valence electrons. The quantitative estimate of drug-likeness (QED) is 0.382. The minimum atomic E-state index is -3.93. The van der Waals surface area contributed by atoms with E-state index in [1.165, 1.54) is 22.8 Å². The average Bonchev–Trinajstić information content (AvgIpc) is 3.09. The number of hydrogen-bond donors (Lipinski definition) is 0. The van der Waals surface area contributed by atoms with Gasteiger partial charge in [0.15, 0.2) is 5.16 Å². The van der Waals surface area contributed by atoms with Crippen molar-refractivity contribution in [2.24, 2.45) is 0 Å². The van der Waals surface area contributed by atoms with E-state index in [9.17, 15) is 18.5 Å². The molecule has 0 radical (unpaired) electrons. The Hall–Kier alpha value is -2.28. The molecule has 0 saturated carbocycles. The first-order valence-electron chi connectivity index (χ1n) is 7.96. The summed E-state index contributed by atoms with van der Waals surface area (Å²) in [6.07, 6.45) is 3.17. The Balaban J connectivity index is 2.04. The Morgan fingerprint density at radius 3 is 2.78 bits per heavy atom. The summed E-state index contributed by atoms with van der Waals surface area (Å²) < 4.78 is 34.4. The van der Waals surface area contributed by atoms with Crippen LogP contribution < -0.4 is 0 Å². The van der Waals surface area contributed by atoms with Crippen LogP contribution in [0.2, 0.25) is 0 Å². The fourth-order valence-corrected chi connectivity index (χ4v) is 5.27. The van der Waals surface area contributed by atoms with Crippen LogP contribution in [-0.4, -0.2) is 58.7 Å². The highest BCUT2D eigenvalue weighted by atomic mass is 32.2. The number of hydrogen-bond acceptors (Lipinski definition) is 8. The van der Waals surface area contributed by atoms with Gasteiger partial charge < -0.3 is 9.30 Å². The summed E-state index contributed by atoms with van der Waals surface area (Å²) in [5.74, 6) is 0. The zero-order valence-corrected chi connectivity index (χ0v) is 15.9. The summed E-state index contributed by atoms with van der Waals surface area (Å²) >= 11 is 1.08. The van der Waals surface area contributed by atoms with Gasteiger partial charge in [-0.05, 0) is 17.8 Å². The van der Waals surface area contributed by atoms with Crippen molar-refractivity contribution in [2.45, 2.75) is 21.5 Å². The zero-order chi connectivity index (χ0) is 19.4. The largest absolute Gasteiger partial charge is 0.379 e. The molecule has 1 aromatic carbocycles. The number of ether oxygens (including phenoxy) is 1. The predicted octanol–water partition coefficient (Wildman–Crippen LogP) is 1.54. The van der Waals surface area contributed by atoms with Crippen LogP contribution >= 0.6 is 11.8 Å². The Kier molecular flexibility index (Phi) is 5.89. The Morgan fingerprint density at radius 2 is 2.11 bits per heavy atom. The summed E-state index contributed by atoms with van der Waals surface area (Å²) in [4.78, 5) is 10.7. The Morgan fingerprint density at radius 1 is 1.37 bits per heavy atom. The lowest BCUT2D eigenvalue weighted by Crippen LogP contribution is -2.40. The van der Waals surface area contributed by atoms with E-state index < -0.39 is 14.9 Å². The molecule has 0 N–H and O–H groups in total. The minimum absolute atomic E-state index is 0.128.